The molecule has 202 valence electrons. The molecule has 2 amide bonds. The molecule has 0 spiro atoms. The van der Waals surface area contributed by atoms with E-state index in [1.165, 1.54) is 5.38 Å². The van der Waals surface area contributed by atoms with Gasteiger partial charge in [-0.15, -0.1) is 11.3 Å². The largest absolute Gasteiger partial charge is 0.480 e. The quantitative estimate of drug-likeness (QED) is 0.180. The van der Waals surface area contributed by atoms with Gasteiger partial charge < -0.3 is 31.3 Å². The number of nitrogens with zero attached hydrogens (tertiary/aromatic N) is 2. The van der Waals surface area contributed by atoms with Gasteiger partial charge in [-0.25, -0.2) is 9.78 Å². The second kappa shape index (κ2) is 14.3. The van der Waals surface area contributed by atoms with Crippen molar-refractivity contribution < 1.29 is 29.3 Å². The first kappa shape index (κ1) is 29.6. The van der Waals surface area contributed by atoms with Crippen LogP contribution in [0.2, 0.25) is 10.0 Å². The lowest BCUT2D eigenvalue weighted by molar-refractivity contribution is -0.140. The van der Waals surface area contributed by atoms with Crippen molar-refractivity contribution in [2.45, 2.75) is 35.7 Å². The van der Waals surface area contributed by atoms with Crippen molar-refractivity contribution >= 4 is 64.1 Å². The van der Waals surface area contributed by atoms with Crippen LogP contribution in [0, 0.1) is 0 Å². The number of aliphatic hydroxyl groups is 1. The second-order valence-corrected chi connectivity index (χ2v) is 11.1. The zero-order chi connectivity index (χ0) is 26.9. The number of amides is 2. The summed E-state index contributed by atoms with van der Waals surface area (Å²) in [5.41, 5.74) is 6.27. The molecule has 0 aliphatic carbocycles. The fourth-order valence-electron chi connectivity index (χ4n) is 3.47. The van der Waals surface area contributed by atoms with Gasteiger partial charge in [-0.05, 0) is 17.7 Å². The van der Waals surface area contributed by atoms with Crippen LogP contribution in [0.4, 0.5) is 0 Å². The summed E-state index contributed by atoms with van der Waals surface area (Å²) in [5, 5.41) is 25.9. The number of carbonyl (C=O) groups excluding carboxylic acids is 2. The molecule has 37 heavy (non-hydrogen) atoms. The summed E-state index contributed by atoms with van der Waals surface area (Å²) in [6.45, 7) is 3.01. The highest BCUT2D eigenvalue weighted by atomic mass is 35.5. The highest BCUT2D eigenvalue weighted by molar-refractivity contribution is 8.01. The number of carbonyl (C=O) groups is 3. The Kier molecular flexibility index (Phi) is 11.4. The van der Waals surface area contributed by atoms with Crippen molar-refractivity contribution in [3.8, 4) is 0 Å². The van der Waals surface area contributed by atoms with Crippen molar-refractivity contribution in [3.63, 3.8) is 0 Å². The van der Waals surface area contributed by atoms with E-state index in [0.29, 0.717) is 40.6 Å². The maximum atomic E-state index is 12.3. The summed E-state index contributed by atoms with van der Waals surface area (Å²) in [6.07, 6.45) is -1.88. The Bertz CT molecular complexity index is 1110. The molecule has 2 heterocycles. The molecule has 0 bridgehead atoms. The van der Waals surface area contributed by atoms with Crippen LogP contribution < -0.4 is 16.4 Å². The number of aliphatic carboxylic acids is 1. The minimum atomic E-state index is -1.38. The number of aliphatic hydroxyl groups excluding tert-OH is 1. The average molecular weight is 593 g/mol. The summed E-state index contributed by atoms with van der Waals surface area (Å²) in [4.78, 5) is 42.2. The Balaban J connectivity index is 1.40. The molecule has 1 fully saturated rings. The van der Waals surface area contributed by atoms with E-state index in [1.54, 1.807) is 6.07 Å². The number of aromatic nitrogens is 1. The topological polar surface area (TPSA) is 167 Å². The first-order chi connectivity index (χ1) is 17.6. The molecule has 1 aromatic carbocycles. The predicted molar refractivity (Wildman–Crippen MR) is 141 cm³/mol. The van der Waals surface area contributed by atoms with E-state index in [-0.39, 0.29) is 29.9 Å². The Morgan fingerprint density at radius 2 is 2.11 bits per heavy atom. The van der Waals surface area contributed by atoms with Crippen LogP contribution in [0.15, 0.2) is 27.9 Å². The third-order valence-corrected chi connectivity index (χ3v) is 8.02. The van der Waals surface area contributed by atoms with E-state index < -0.39 is 24.1 Å². The highest BCUT2D eigenvalue weighted by Gasteiger charge is 2.24. The maximum Gasteiger partial charge on any atom is 0.326 e. The molecule has 0 unspecified atom stereocenters. The zero-order valence-electron chi connectivity index (χ0n) is 19.6. The molecule has 11 nitrogen and oxygen atoms in total. The number of carboxylic acid groups (broad SMARTS) is 1. The van der Waals surface area contributed by atoms with Gasteiger partial charge >= 0.3 is 5.97 Å². The lowest BCUT2D eigenvalue weighted by atomic mass is 10.2. The predicted octanol–water partition coefficient (Wildman–Crippen LogP) is 1.41. The Morgan fingerprint density at radius 3 is 2.81 bits per heavy atom. The maximum absolute atomic E-state index is 12.3. The number of thioether (sulfide) groups is 1. The Morgan fingerprint density at radius 1 is 1.32 bits per heavy atom. The Labute approximate surface area is 231 Å². The van der Waals surface area contributed by atoms with Crippen LogP contribution in [0.5, 0.6) is 0 Å². The first-order valence-corrected chi connectivity index (χ1v) is 13.8. The highest BCUT2D eigenvalue weighted by Crippen LogP contribution is 2.24. The summed E-state index contributed by atoms with van der Waals surface area (Å²) in [7, 11) is 0. The lowest BCUT2D eigenvalue weighted by Gasteiger charge is -2.33. The number of carboxylic acids is 1. The number of rotatable bonds is 12. The number of benzene rings is 1. The van der Waals surface area contributed by atoms with Crippen molar-refractivity contribution in [1.82, 2.24) is 20.5 Å². The number of nitrogens with two attached hydrogens (primary N) is 1. The van der Waals surface area contributed by atoms with Crippen molar-refractivity contribution in [1.29, 1.82) is 0 Å². The SMILES string of the molecule is N[C@@H](O)C[C@H](NC(=O)c1csc(SCC(=O)NC[C@H]2CN(Cc3ccc(Cl)c(Cl)c3)CCO2)n1)C(=O)O. The molecule has 3 rings (SSSR count). The molecule has 6 N–H and O–H groups in total. The smallest absolute Gasteiger partial charge is 0.326 e. The van der Waals surface area contributed by atoms with E-state index in [2.05, 4.69) is 20.5 Å². The van der Waals surface area contributed by atoms with E-state index in [0.717, 1.165) is 35.2 Å². The third-order valence-electron chi connectivity index (χ3n) is 5.26. The summed E-state index contributed by atoms with van der Waals surface area (Å²) in [5.74, 6) is -2.15. The number of ether oxygens (including phenoxy) is 1. The molecular formula is C22H27Cl2N5O6S2. The molecule has 1 saturated heterocycles. The molecule has 1 aromatic heterocycles. The molecule has 15 heteroatoms. The molecule has 1 aliphatic rings. The molecule has 1 aliphatic heterocycles. The number of halogens is 2. The van der Waals surface area contributed by atoms with Gasteiger partial charge in [0.05, 0.1) is 28.5 Å². The second-order valence-electron chi connectivity index (χ2n) is 8.24. The van der Waals surface area contributed by atoms with Gasteiger partial charge in [-0.3, -0.25) is 14.5 Å². The number of hydrogen-bond donors (Lipinski definition) is 5. The van der Waals surface area contributed by atoms with Gasteiger partial charge in [0.15, 0.2) is 4.34 Å². The fourth-order valence-corrected chi connectivity index (χ4v) is 5.43. The van der Waals surface area contributed by atoms with Crippen LogP contribution in [-0.2, 0) is 20.9 Å². The molecule has 0 radical (unpaired) electrons. The van der Waals surface area contributed by atoms with Crippen LogP contribution in [0.25, 0.3) is 0 Å². The monoisotopic (exact) mass is 591 g/mol. The average Bonchev–Trinajstić information content (AvgIpc) is 3.32. The van der Waals surface area contributed by atoms with E-state index >= 15 is 0 Å². The lowest BCUT2D eigenvalue weighted by Crippen LogP contribution is -2.47. The zero-order valence-corrected chi connectivity index (χ0v) is 22.7. The molecule has 0 saturated carbocycles. The van der Waals surface area contributed by atoms with Crippen LogP contribution >= 0.6 is 46.3 Å². The van der Waals surface area contributed by atoms with Crippen molar-refractivity contribution in [3.05, 3.63) is 44.9 Å². The van der Waals surface area contributed by atoms with E-state index in [9.17, 15) is 19.5 Å². The number of morpholine rings is 1. The summed E-state index contributed by atoms with van der Waals surface area (Å²) < 4.78 is 6.25. The number of hydrogen-bond acceptors (Lipinski definition) is 10. The molecular weight excluding hydrogens is 565 g/mol. The standard InChI is InChI=1S/C22H27Cl2N5O6S2/c23-14-2-1-12(5-15(14)24)8-29-3-4-35-13(9-29)7-26-19(31)11-37-22-28-17(10-36-22)20(32)27-16(21(33)34)6-18(25)30/h1-2,5,10,13,16,18,30H,3-4,6-9,11,25H2,(H,26,31)(H,27,32)(H,33,34)/t13-,16-,18-/m0/s1. The van der Waals surface area contributed by atoms with Crippen LogP contribution in [0.3, 0.4) is 0 Å². The number of thiazole rings is 1. The van der Waals surface area contributed by atoms with Gasteiger partial charge in [-0.1, -0.05) is 41.0 Å². The summed E-state index contributed by atoms with van der Waals surface area (Å²) >= 11 is 14.4. The van der Waals surface area contributed by atoms with Crippen LogP contribution in [-0.4, -0.2) is 88.2 Å². The normalized spacial score (nSPS) is 17.7. The van der Waals surface area contributed by atoms with Crippen molar-refractivity contribution in [2.75, 3.05) is 32.0 Å². The van der Waals surface area contributed by atoms with Crippen LogP contribution in [0.1, 0.15) is 22.5 Å². The van der Waals surface area contributed by atoms with Gasteiger partial charge in [-0.2, -0.15) is 0 Å². The number of nitrogens with one attached hydrogen (secondary N) is 2. The van der Waals surface area contributed by atoms with E-state index in [1.807, 2.05) is 12.1 Å². The van der Waals surface area contributed by atoms with E-state index in [4.69, 9.17) is 38.8 Å². The molecule has 2 aromatic rings. The van der Waals surface area contributed by atoms with Crippen molar-refractivity contribution in [2.24, 2.45) is 5.73 Å². The van der Waals surface area contributed by atoms with Gasteiger partial charge in [0.2, 0.25) is 5.91 Å². The molecule has 3 atom stereocenters. The third kappa shape index (κ3) is 9.69. The minimum absolute atomic E-state index is 0.0170. The summed E-state index contributed by atoms with van der Waals surface area (Å²) in [6, 6.07) is 4.20. The minimum Gasteiger partial charge on any atom is -0.480 e. The fraction of sp³-hybridized carbons (Fsp3) is 0.455. The first-order valence-electron chi connectivity index (χ1n) is 11.2. The Hall–Kier alpha value is -1.97. The van der Waals surface area contributed by atoms with Gasteiger partial charge in [0.1, 0.15) is 18.0 Å². The van der Waals surface area contributed by atoms with Gasteiger partial charge in [0, 0.05) is 38.0 Å². The van der Waals surface area contributed by atoms with Gasteiger partial charge in [0.25, 0.3) is 5.91 Å².